The van der Waals surface area contributed by atoms with Gasteiger partial charge in [0, 0.05) is 12.4 Å². The van der Waals surface area contributed by atoms with Crippen molar-refractivity contribution in [2.24, 2.45) is 11.5 Å². The molecule has 4 N–H and O–H groups in total. The Hall–Kier alpha value is -2.28. The zero-order chi connectivity index (χ0) is 11.5. The van der Waals surface area contributed by atoms with Crippen LogP contribution in [0, 0.1) is 0 Å². The van der Waals surface area contributed by atoms with Crippen molar-refractivity contribution in [1.29, 1.82) is 0 Å². The summed E-state index contributed by atoms with van der Waals surface area (Å²) in [6.07, 6.45) is 3.34. The van der Waals surface area contributed by atoms with Crippen LogP contribution >= 0.6 is 0 Å². The summed E-state index contributed by atoms with van der Waals surface area (Å²) in [6.45, 7) is 0.298. The minimum Gasteiger partial charge on any atom is -0.364 e. The van der Waals surface area contributed by atoms with E-state index in [2.05, 4.69) is 15.2 Å². The van der Waals surface area contributed by atoms with Gasteiger partial charge in [-0.2, -0.15) is 0 Å². The van der Waals surface area contributed by atoms with Crippen molar-refractivity contribution in [2.45, 2.75) is 6.54 Å². The fourth-order valence-electron chi connectivity index (χ4n) is 1.28. The van der Waals surface area contributed by atoms with Crippen molar-refractivity contribution in [3.05, 3.63) is 36.0 Å². The zero-order valence-electron chi connectivity index (χ0n) is 8.37. The van der Waals surface area contributed by atoms with Crippen molar-refractivity contribution in [3.63, 3.8) is 0 Å². The Balaban J connectivity index is 2.38. The summed E-state index contributed by atoms with van der Waals surface area (Å²) < 4.78 is 1.69. The van der Waals surface area contributed by atoms with Crippen molar-refractivity contribution in [3.8, 4) is 5.82 Å². The number of hydrogen-bond donors (Lipinski definition) is 2. The Bertz CT molecular complexity index is 503. The monoisotopic (exact) mass is 218 g/mol. The van der Waals surface area contributed by atoms with Crippen LogP contribution in [0.3, 0.4) is 0 Å². The average molecular weight is 218 g/mol. The molecule has 0 spiro atoms. The maximum atomic E-state index is 10.8. The highest BCUT2D eigenvalue weighted by molar-refractivity contribution is 5.90. The number of carbonyl (C=O) groups excluding carboxylic acids is 1. The smallest absolute Gasteiger partial charge is 0.269 e. The topological polar surface area (TPSA) is 113 Å². The fourth-order valence-corrected chi connectivity index (χ4v) is 1.28. The highest BCUT2D eigenvalue weighted by Gasteiger charge is 2.07. The van der Waals surface area contributed by atoms with Gasteiger partial charge in [0.1, 0.15) is 5.82 Å². The van der Waals surface area contributed by atoms with E-state index in [9.17, 15) is 4.79 Å². The van der Waals surface area contributed by atoms with Crippen LogP contribution in [-0.4, -0.2) is 25.7 Å². The number of nitrogens with zero attached hydrogens (tertiary/aromatic N) is 4. The summed E-state index contributed by atoms with van der Waals surface area (Å²) in [5, 5.41) is 7.56. The molecule has 7 heteroatoms. The van der Waals surface area contributed by atoms with Gasteiger partial charge in [0.25, 0.3) is 5.91 Å². The molecule has 82 valence electrons. The van der Waals surface area contributed by atoms with Gasteiger partial charge in [0.05, 0.1) is 6.54 Å². The molecule has 0 aromatic carbocycles. The number of aromatic nitrogens is 4. The van der Waals surface area contributed by atoms with Crippen LogP contribution in [-0.2, 0) is 6.54 Å². The molecule has 1 amide bonds. The molecule has 2 heterocycles. The van der Waals surface area contributed by atoms with E-state index in [1.165, 1.54) is 6.07 Å². The lowest BCUT2D eigenvalue weighted by Crippen LogP contribution is -2.15. The number of rotatable bonds is 3. The van der Waals surface area contributed by atoms with Gasteiger partial charge < -0.3 is 11.5 Å². The lowest BCUT2D eigenvalue weighted by molar-refractivity contribution is 0.0994. The molecular formula is C9H10N6O. The van der Waals surface area contributed by atoms with Crippen molar-refractivity contribution in [1.82, 2.24) is 19.7 Å². The summed E-state index contributed by atoms with van der Waals surface area (Å²) in [4.78, 5) is 14.8. The van der Waals surface area contributed by atoms with Crippen LogP contribution in [0.15, 0.2) is 24.5 Å². The first-order valence-corrected chi connectivity index (χ1v) is 4.58. The normalized spacial score (nSPS) is 10.3. The second-order valence-electron chi connectivity index (χ2n) is 3.06. The molecule has 0 saturated heterocycles. The lowest BCUT2D eigenvalue weighted by Gasteiger charge is -2.04. The Labute approximate surface area is 91.1 Å². The zero-order valence-corrected chi connectivity index (χ0v) is 8.37. The quantitative estimate of drug-likeness (QED) is 0.701. The third-order valence-corrected chi connectivity index (χ3v) is 2.05. The van der Waals surface area contributed by atoms with E-state index >= 15 is 0 Å². The van der Waals surface area contributed by atoms with Crippen LogP contribution < -0.4 is 11.5 Å². The van der Waals surface area contributed by atoms with Gasteiger partial charge in [0.2, 0.25) is 0 Å². The number of carbonyl (C=O) groups is 1. The highest BCUT2D eigenvalue weighted by Crippen LogP contribution is 2.06. The first kappa shape index (κ1) is 10.2. The van der Waals surface area contributed by atoms with Crippen LogP contribution in [0.5, 0.6) is 0 Å². The number of primary amides is 1. The van der Waals surface area contributed by atoms with Crippen LogP contribution in [0.4, 0.5) is 0 Å². The predicted molar refractivity (Wildman–Crippen MR) is 55.6 cm³/mol. The standard InChI is InChI=1S/C9H10N6O/c10-5-8-12-3-4-15(8)7-2-1-6(9(11)16)13-14-7/h1-4H,5,10H2,(H2,11,16). The molecule has 0 saturated carbocycles. The predicted octanol–water partition coefficient (Wildman–Crippen LogP) is -0.780. The van der Waals surface area contributed by atoms with Crippen LogP contribution in [0.1, 0.15) is 16.3 Å². The van der Waals surface area contributed by atoms with E-state index in [-0.39, 0.29) is 5.69 Å². The number of amides is 1. The minimum absolute atomic E-state index is 0.123. The molecule has 0 aliphatic heterocycles. The lowest BCUT2D eigenvalue weighted by atomic mass is 10.3. The molecule has 0 bridgehead atoms. The van der Waals surface area contributed by atoms with Gasteiger partial charge in [-0.05, 0) is 12.1 Å². The first-order chi connectivity index (χ1) is 7.72. The van der Waals surface area contributed by atoms with E-state index in [4.69, 9.17) is 11.5 Å². The summed E-state index contributed by atoms with van der Waals surface area (Å²) >= 11 is 0. The molecule has 2 rings (SSSR count). The molecule has 7 nitrogen and oxygen atoms in total. The van der Waals surface area contributed by atoms with Crippen LogP contribution in [0.2, 0.25) is 0 Å². The number of hydrogen-bond acceptors (Lipinski definition) is 5. The summed E-state index contributed by atoms with van der Waals surface area (Å²) in [7, 11) is 0. The van der Waals surface area contributed by atoms with E-state index in [1.54, 1.807) is 23.0 Å². The first-order valence-electron chi connectivity index (χ1n) is 4.58. The Morgan fingerprint density at radius 3 is 2.75 bits per heavy atom. The largest absolute Gasteiger partial charge is 0.364 e. The van der Waals surface area contributed by atoms with E-state index < -0.39 is 5.91 Å². The van der Waals surface area contributed by atoms with Crippen molar-refractivity contribution >= 4 is 5.91 Å². The molecule has 0 fully saturated rings. The SMILES string of the molecule is NCc1nccn1-c1ccc(C(N)=O)nn1. The average Bonchev–Trinajstić information content (AvgIpc) is 2.77. The Morgan fingerprint density at radius 2 is 2.19 bits per heavy atom. The molecule has 0 radical (unpaired) electrons. The molecule has 0 aliphatic carbocycles. The molecule has 0 aliphatic rings. The minimum atomic E-state index is -0.608. The summed E-state index contributed by atoms with van der Waals surface area (Å²) in [5.74, 6) is 0.604. The number of nitrogens with two attached hydrogens (primary N) is 2. The third-order valence-electron chi connectivity index (χ3n) is 2.05. The molecule has 2 aromatic rings. The van der Waals surface area contributed by atoms with Gasteiger partial charge in [-0.1, -0.05) is 0 Å². The Kier molecular flexibility index (Phi) is 2.61. The molecule has 0 unspecified atom stereocenters. The maximum Gasteiger partial charge on any atom is 0.269 e. The van der Waals surface area contributed by atoms with Gasteiger partial charge in [-0.3, -0.25) is 9.36 Å². The van der Waals surface area contributed by atoms with E-state index in [0.717, 1.165) is 0 Å². The molecule has 2 aromatic heterocycles. The van der Waals surface area contributed by atoms with Gasteiger partial charge in [-0.15, -0.1) is 10.2 Å². The molecule has 16 heavy (non-hydrogen) atoms. The van der Waals surface area contributed by atoms with Gasteiger partial charge >= 0.3 is 0 Å². The summed E-state index contributed by atoms with van der Waals surface area (Å²) in [6, 6.07) is 3.14. The molecular weight excluding hydrogens is 208 g/mol. The van der Waals surface area contributed by atoms with Crippen molar-refractivity contribution < 1.29 is 4.79 Å². The molecule has 0 atom stereocenters. The third kappa shape index (κ3) is 1.75. The fraction of sp³-hybridized carbons (Fsp3) is 0.111. The van der Waals surface area contributed by atoms with Crippen molar-refractivity contribution in [2.75, 3.05) is 0 Å². The van der Waals surface area contributed by atoms with Gasteiger partial charge in [-0.25, -0.2) is 4.98 Å². The Morgan fingerprint density at radius 1 is 1.38 bits per heavy atom. The van der Waals surface area contributed by atoms with Gasteiger partial charge in [0.15, 0.2) is 11.5 Å². The second-order valence-corrected chi connectivity index (χ2v) is 3.06. The number of imidazole rings is 1. The summed E-state index contributed by atoms with van der Waals surface area (Å²) in [5.41, 5.74) is 10.7. The highest BCUT2D eigenvalue weighted by atomic mass is 16.1. The van der Waals surface area contributed by atoms with E-state index in [1.807, 2.05) is 0 Å². The van der Waals surface area contributed by atoms with Crippen LogP contribution in [0.25, 0.3) is 5.82 Å². The second kappa shape index (κ2) is 4.07. The van der Waals surface area contributed by atoms with E-state index in [0.29, 0.717) is 18.2 Å². The maximum absolute atomic E-state index is 10.8.